The fourth-order valence-electron chi connectivity index (χ4n) is 7.68. The van der Waals surface area contributed by atoms with Crippen molar-refractivity contribution in [3.8, 4) is 5.75 Å². The van der Waals surface area contributed by atoms with Crippen molar-refractivity contribution in [1.82, 2.24) is 25.8 Å². The van der Waals surface area contributed by atoms with Crippen LogP contribution in [-0.2, 0) is 45.1 Å². The van der Waals surface area contributed by atoms with Crippen molar-refractivity contribution in [3.63, 3.8) is 0 Å². The maximum atomic E-state index is 14.4. The molecule has 0 bridgehead atoms. The van der Waals surface area contributed by atoms with E-state index in [4.69, 9.17) is 16.3 Å². The van der Waals surface area contributed by atoms with Crippen molar-refractivity contribution in [2.24, 2.45) is 0 Å². The molecule has 13 heteroatoms. The number of piperidine rings is 1. The van der Waals surface area contributed by atoms with Gasteiger partial charge in [0.15, 0.2) is 0 Å². The summed E-state index contributed by atoms with van der Waals surface area (Å²) in [5.41, 5.74) is 3.10. The van der Waals surface area contributed by atoms with E-state index in [0.717, 1.165) is 27.2 Å². The monoisotopic (exact) mass is 762 g/mol. The van der Waals surface area contributed by atoms with Crippen molar-refractivity contribution in [1.29, 1.82) is 0 Å². The lowest BCUT2D eigenvalue weighted by atomic mass is 9.85. The molecule has 2 atom stereocenters. The van der Waals surface area contributed by atoms with Crippen LogP contribution in [0.1, 0.15) is 35.1 Å². The molecule has 284 valence electrons. The van der Waals surface area contributed by atoms with Crippen molar-refractivity contribution in [2.45, 2.75) is 56.4 Å². The first-order chi connectivity index (χ1) is 26.6. The van der Waals surface area contributed by atoms with Gasteiger partial charge in [-0.15, -0.1) is 0 Å². The van der Waals surface area contributed by atoms with Crippen LogP contribution in [0.25, 0.3) is 0 Å². The summed E-state index contributed by atoms with van der Waals surface area (Å²) in [6.45, 7) is 0.615. The van der Waals surface area contributed by atoms with Gasteiger partial charge in [0.1, 0.15) is 23.9 Å². The summed E-state index contributed by atoms with van der Waals surface area (Å²) in [4.78, 5) is 73.8. The van der Waals surface area contributed by atoms with Gasteiger partial charge in [0, 0.05) is 43.3 Å². The topological polar surface area (TPSA) is 140 Å². The maximum Gasteiger partial charge on any atom is 0.332 e. The number of methoxy groups -OCH3 is 1. The van der Waals surface area contributed by atoms with Crippen LogP contribution in [0.5, 0.6) is 5.75 Å². The highest BCUT2D eigenvalue weighted by atomic mass is 35.5. The largest absolute Gasteiger partial charge is 0.497 e. The Bertz CT molecular complexity index is 2050. The summed E-state index contributed by atoms with van der Waals surface area (Å²) in [5, 5.41) is 9.70. The van der Waals surface area contributed by atoms with Crippen molar-refractivity contribution >= 4 is 46.9 Å². The predicted octanol–water partition coefficient (Wildman–Crippen LogP) is 4.24. The average molecular weight is 763 g/mol. The minimum absolute atomic E-state index is 0.144. The summed E-state index contributed by atoms with van der Waals surface area (Å²) >= 11 is 6.15. The summed E-state index contributed by atoms with van der Waals surface area (Å²) < 4.78 is 5.20. The molecular formula is C42H43ClN6O6. The third-order valence-corrected chi connectivity index (χ3v) is 11.0. The lowest BCUT2D eigenvalue weighted by Gasteiger charge is -2.43. The molecule has 55 heavy (non-hydrogen) atoms. The Morgan fingerprint density at radius 2 is 1.53 bits per heavy atom. The smallest absolute Gasteiger partial charge is 0.332 e. The molecule has 3 aliphatic heterocycles. The number of anilines is 1. The summed E-state index contributed by atoms with van der Waals surface area (Å²) in [5.74, 6) is -0.836. The highest BCUT2D eigenvalue weighted by molar-refractivity contribution is 6.30. The minimum atomic E-state index is -1.31. The van der Waals surface area contributed by atoms with Crippen molar-refractivity contribution in [3.05, 3.63) is 130 Å². The number of hydrogen-bond donors (Lipinski definition) is 3. The van der Waals surface area contributed by atoms with Crippen molar-refractivity contribution in [2.75, 3.05) is 31.6 Å². The molecule has 1 spiro atoms. The van der Waals surface area contributed by atoms with Crippen LogP contribution in [0.4, 0.5) is 10.5 Å². The van der Waals surface area contributed by atoms with E-state index in [-0.39, 0.29) is 50.7 Å². The van der Waals surface area contributed by atoms with E-state index in [9.17, 15) is 24.0 Å². The van der Waals surface area contributed by atoms with E-state index >= 15 is 0 Å². The number of imide groups is 1. The average Bonchev–Trinajstić information content (AvgIpc) is 3.41. The fourth-order valence-corrected chi connectivity index (χ4v) is 7.80. The number of benzene rings is 4. The van der Waals surface area contributed by atoms with Gasteiger partial charge in [0.25, 0.3) is 5.91 Å². The molecule has 3 heterocycles. The number of nitrogens with one attached hydrogen (secondary N) is 3. The molecule has 2 fully saturated rings. The SMILES string of the molecule is COc1ccc(CNC(=O)CN2C(=O)N(c3ccccc3)C3(CCN(C(=O)[C@@H](Cc4ccc(Cl)cc4)NC(=O)[C@H]4Cc5ccccc5CN4)CC3)C2=O)cc1. The van der Waals surface area contributed by atoms with E-state index < -0.39 is 42.0 Å². The Labute approximate surface area is 324 Å². The molecule has 0 radical (unpaired) electrons. The van der Waals surface area contributed by atoms with E-state index in [1.54, 1.807) is 60.5 Å². The summed E-state index contributed by atoms with van der Waals surface area (Å²) in [6.07, 6.45) is 1.02. The molecule has 0 unspecified atom stereocenters. The zero-order chi connectivity index (χ0) is 38.5. The minimum Gasteiger partial charge on any atom is -0.497 e. The Kier molecular flexibility index (Phi) is 11.2. The van der Waals surface area contributed by atoms with Crippen molar-refractivity contribution < 1.29 is 28.7 Å². The molecular weight excluding hydrogens is 720 g/mol. The first-order valence-electron chi connectivity index (χ1n) is 18.4. The van der Waals surface area contributed by atoms with Gasteiger partial charge in [0.2, 0.25) is 17.7 Å². The molecule has 3 aliphatic rings. The molecule has 0 saturated carbocycles. The third kappa shape index (κ3) is 8.06. The number of carbonyl (C=O) groups is 5. The van der Waals surface area contributed by atoms with Crippen LogP contribution in [0, 0.1) is 0 Å². The number of carbonyl (C=O) groups excluding carboxylic acids is 5. The predicted molar refractivity (Wildman–Crippen MR) is 207 cm³/mol. The van der Waals surface area contributed by atoms with Crippen LogP contribution >= 0.6 is 11.6 Å². The van der Waals surface area contributed by atoms with Gasteiger partial charge in [-0.2, -0.15) is 0 Å². The second kappa shape index (κ2) is 16.3. The van der Waals surface area contributed by atoms with E-state index in [2.05, 4.69) is 16.0 Å². The molecule has 7 rings (SSSR count). The number of rotatable bonds is 11. The molecule has 12 nitrogen and oxygen atoms in total. The number of likely N-dealkylation sites (tertiary alicyclic amines) is 1. The van der Waals surface area contributed by atoms with E-state index in [1.165, 1.54) is 4.90 Å². The van der Waals surface area contributed by atoms with Crippen LogP contribution in [0.3, 0.4) is 0 Å². The number of amides is 6. The van der Waals surface area contributed by atoms with Gasteiger partial charge in [0.05, 0.1) is 13.2 Å². The number of para-hydroxylation sites is 1. The fraction of sp³-hybridized carbons (Fsp3) is 0.310. The maximum absolute atomic E-state index is 14.4. The highest BCUT2D eigenvalue weighted by Crippen LogP contribution is 2.40. The van der Waals surface area contributed by atoms with Gasteiger partial charge < -0.3 is 25.6 Å². The normalized spacial score (nSPS) is 18.1. The number of urea groups is 1. The zero-order valence-electron chi connectivity index (χ0n) is 30.5. The highest BCUT2D eigenvalue weighted by Gasteiger charge is 2.59. The number of ether oxygens (including phenoxy) is 1. The zero-order valence-corrected chi connectivity index (χ0v) is 31.3. The standard InChI is InChI=1S/C42H43ClN6O6/c1-55-34-17-13-29(14-18-34)25-45-37(50)27-48-40(53)42(49(41(48)54)33-9-3-2-4-10-33)19-21-47(22-20-42)39(52)36(23-28-11-15-32(43)16-12-28)46-38(51)35-24-30-7-5-6-8-31(30)26-44-35/h2-18,35-36,44H,19-27H2,1H3,(H,45,50)(H,46,51)/t35-,36-/m1/s1. The van der Waals surface area contributed by atoms with Crippen LogP contribution in [0.15, 0.2) is 103 Å². The number of fused-ring (bicyclic) bond motifs is 1. The second-order valence-corrected chi connectivity index (χ2v) is 14.6. The number of nitrogens with zero attached hydrogens (tertiary/aromatic N) is 3. The van der Waals surface area contributed by atoms with Crippen LogP contribution in [0.2, 0.25) is 5.02 Å². The van der Waals surface area contributed by atoms with E-state index in [1.807, 2.05) is 54.6 Å². The molecule has 3 N–H and O–H groups in total. The van der Waals surface area contributed by atoms with E-state index in [0.29, 0.717) is 29.4 Å². The molecule has 0 aromatic heterocycles. The van der Waals surface area contributed by atoms with Crippen LogP contribution in [-0.4, -0.2) is 83.8 Å². The lowest BCUT2D eigenvalue weighted by molar-refractivity contribution is -0.141. The van der Waals surface area contributed by atoms with Gasteiger partial charge in [-0.05, 0) is 77.9 Å². The molecule has 0 aliphatic carbocycles. The Hall–Kier alpha value is -5.72. The molecule has 6 amide bonds. The Morgan fingerprint density at radius 1 is 0.873 bits per heavy atom. The molecule has 2 saturated heterocycles. The second-order valence-electron chi connectivity index (χ2n) is 14.1. The van der Waals surface area contributed by atoms with Crippen LogP contribution < -0.4 is 25.6 Å². The first kappa shape index (κ1) is 37.6. The lowest BCUT2D eigenvalue weighted by Crippen LogP contribution is -2.61. The first-order valence-corrected chi connectivity index (χ1v) is 18.8. The van der Waals surface area contributed by atoms with Gasteiger partial charge in [-0.25, -0.2) is 4.79 Å². The Morgan fingerprint density at radius 3 is 2.22 bits per heavy atom. The Balaban J connectivity index is 1.07. The quantitative estimate of drug-likeness (QED) is 0.194. The molecule has 4 aromatic carbocycles. The summed E-state index contributed by atoms with van der Waals surface area (Å²) in [7, 11) is 1.57. The third-order valence-electron chi connectivity index (χ3n) is 10.7. The summed E-state index contributed by atoms with van der Waals surface area (Å²) in [6, 6.07) is 29.3. The molecule has 4 aromatic rings. The van der Waals surface area contributed by atoms with Gasteiger partial charge >= 0.3 is 6.03 Å². The van der Waals surface area contributed by atoms with Gasteiger partial charge in [-0.3, -0.25) is 29.0 Å². The van der Waals surface area contributed by atoms with Gasteiger partial charge in [-0.1, -0.05) is 78.3 Å². The number of halogens is 1. The number of hydrogen-bond acceptors (Lipinski definition) is 7.